The highest BCUT2D eigenvalue weighted by molar-refractivity contribution is 7.73. The summed E-state index contributed by atoms with van der Waals surface area (Å²) in [6, 6.07) is 0. The van der Waals surface area contributed by atoms with E-state index in [4.69, 9.17) is 0 Å². The van der Waals surface area contributed by atoms with Gasteiger partial charge >= 0.3 is 0 Å². The topological polar surface area (TPSA) is 34.1 Å². The van der Waals surface area contributed by atoms with Crippen molar-refractivity contribution in [2.75, 3.05) is 0 Å². The quantitative estimate of drug-likeness (QED) is 0.543. The van der Waals surface area contributed by atoms with Crippen molar-refractivity contribution in [1.29, 1.82) is 0 Å². The monoisotopic (exact) mass is 144 g/mol. The second-order valence-corrected chi connectivity index (χ2v) is 3.14. The van der Waals surface area contributed by atoms with Crippen LogP contribution >= 0.6 is 0 Å². The first-order valence-electron chi connectivity index (χ1n) is 2.77. The summed E-state index contributed by atoms with van der Waals surface area (Å²) in [5.74, 6) is 0. The van der Waals surface area contributed by atoms with Gasteiger partial charge in [-0.05, 0) is 6.42 Å². The van der Waals surface area contributed by atoms with Gasteiger partial charge < -0.3 is 0 Å². The van der Waals surface area contributed by atoms with E-state index in [1.807, 2.05) is 12.2 Å². The van der Waals surface area contributed by atoms with E-state index in [2.05, 4.69) is 0 Å². The Hall–Kier alpha value is -0.570. The van der Waals surface area contributed by atoms with Crippen LogP contribution in [0.15, 0.2) is 24.3 Å². The van der Waals surface area contributed by atoms with Crippen LogP contribution in [0, 0.1) is 0 Å². The third-order valence-corrected chi connectivity index (χ3v) is 2.15. The average Bonchev–Trinajstić information content (AvgIpc) is 1.90. The maximum Gasteiger partial charge on any atom is 0.146 e. The minimum Gasteiger partial charge on any atom is -0.231 e. The highest BCUT2D eigenvalue weighted by Crippen LogP contribution is 2.05. The van der Waals surface area contributed by atoms with Gasteiger partial charge in [0.1, 0.15) is 10.7 Å². The fraction of sp³-hybridized carbons (Fsp3) is 0.333. The van der Waals surface area contributed by atoms with Crippen molar-refractivity contribution in [2.45, 2.75) is 11.7 Å². The molecule has 0 aromatic heterocycles. The second kappa shape index (κ2) is 2.82. The van der Waals surface area contributed by atoms with E-state index in [1.54, 1.807) is 12.2 Å². The van der Waals surface area contributed by atoms with Crippen LogP contribution in [0.5, 0.6) is 0 Å². The lowest BCUT2D eigenvalue weighted by molar-refractivity contribution is 0.607. The Balaban J connectivity index is 2.67. The van der Waals surface area contributed by atoms with E-state index >= 15 is 0 Å². The van der Waals surface area contributed by atoms with Crippen LogP contribution in [0.25, 0.3) is 0 Å². The highest BCUT2D eigenvalue weighted by Gasteiger charge is 2.05. The number of thiol groups is 1. The summed E-state index contributed by atoms with van der Waals surface area (Å²) >= 11 is 0. The van der Waals surface area contributed by atoms with E-state index in [9.17, 15) is 8.42 Å². The molecule has 1 atom stereocenters. The molecule has 1 aliphatic rings. The molecule has 0 saturated heterocycles. The Morgan fingerprint density at radius 3 is 2.44 bits per heavy atom. The molecule has 0 N–H and O–H groups in total. The molecule has 3 heteroatoms. The molecule has 9 heavy (non-hydrogen) atoms. The van der Waals surface area contributed by atoms with Crippen molar-refractivity contribution in [3.8, 4) is 0 Å². The standard InChI is InChI=1S/C6H8O2S/c7-9(8)6-4-2-1-3-5-6/h1-4,6,9H,5H2. The van der Waals surface area contributed by atoms with Gasteiger partial charge in [0.25, 0.3) is 0 Å². The van der Waals surface area contributed by atoms with Gasteiger partial charge in [-0.25, -0.2) is 8.42 Å². The fourth-order valence-corrected chi connectivity index (χ4v) is 1.26. The van der Waals surface area contributed by atoms with E-state index < -0.39 is 10.7 Å². The third-order valence-electron chi connectivity index (χ3n) is 1.23. The molecule has 0 aliphatic heterocycles. The average molecular weight is 144 g/mol. The second-order valence-electron chi connectivity index (χ2n) is 1.90. The molecule has 1 aliphatic carbocycles. The molecular weight excluding hydrogens is 136 g/mol. The van der Waals surface area contributed by atoms with E-state index in [-0.39, 0.29) is 5.25 Å². The van der Waals surface area contributed by atoms with Crippen molar-refractivity contribution in [2.24, 2.45) is 0 Å². The molecular formula is C6H8O2S. The summed E-state index contributed by atoms with van der Waals surface area (Å²) in [5.41, 5.74) is 0. The maximum atomic E-state index is 10.3. The van der Waals surface area contributed by atoms with Gasteiger partial charge in [0.15, 0.2) is 0 Å². The minimum atomic E-state index is -2.26. The van der Waals surface area contributed by atoms with Gasteiger partial charge in [-0.1, -0.05) is 24.3 Å². The van der Waals surface area contributed by atoms with Crippen LogP contribution in [0.2, 0.25) is 0 Å². The van der Waals surface area contributed by atoms with E-state index in [0.29, 0.717) is 6.42 Å². The van der Waals surface area contributed by atoms with Gasteiger partial charge in [-0.15, -0.1) is 0 Å². The minimum absolute atomic E-state index is 0.259. The molecule has 0 fully saturated rings. The normalized spacial score (nSPS) is 25.2. The van der Waals surface area contributed by atoms with Gasteiger partial charge in [0, 0.05) is 0 Å². The zero-order valence-corrected chi connectivity index (χ0v) is 5.75. The van der Waals surface area contributed by atoms with Crippen molar-refractivity contribution < 1.29 is 8.42 Å². The summed E-state index contributed by atoms with van der Waals surface area (Å²) in [6.07, 6.45) is 7.81. The first kappa shape index (κ1) is 6.55. The Morgan fingerprint density at radius 1 is 1.33 bits per heavy atom. The SMILES string of the molecule is O=[SH](=O)C1C=CC=CC1. The van der Waals surface area contributed by atoms with Gasteiger partial charge in [-0.2, -0.15) is 0 Å². The lowest BCUT2D eigenvalue weighted by Crippen LogP contribution is -2.05. The summed E-state index contributed by atoms with van der Waals surface area (Å²) < 4.78 is 20.6. The lowest BCUT2D eigenvalue weighted by Gasteiger charge is -2.02. The first-order valence-corrected chi connectivity index (χ1v) is 4.02. The van der Waals surface area contributed by atoms with Crippen LogP contribution in [0.3, 0.4) is 0 Å². The van der Waals surface area contributed by atoms with Crippen LogP contribution in [-0.4, -0.2) is 13.7 Å². The molecule has 0 bridgehead atoms. The summed E-state index contributed by atoms with van der Waals surface area (Å²) in [7, 11) is -2.26. The largest absolute Gasteiger partial charge is 0.231 e. The Kier molecular flexibility index (Phi) is 2.05. The first-order chi connectivity index (χ1) is 4.30. The summed E-state index contributed by atoms with van der Waals surface area (Å²) in [6.45, 7) is 0. The zero-order chi connectivity index (χ0) is 6.69. The van der Waals surface area contributed by atoms with Crippen LogP contribution in [0.1, 0.15) is 6.42 Å². The Bertz CT molecular complexity index is 205. The van der Waals surface area contributed by atoms with Crippen molar-refractivity contribution >= 4 is 10.7 Å². The molecule has 1 rings (SSSR count). The number of hydrogen-bond acceptors (Lipinski definition) is 2. The van der Waals surface area contributed by atoms with Gasteiger partial charge in [0.2, 0.25) is 0 Å². The van der Waals surface area contributed by atoms with Gasteiger partial charge in [-0.3, -0.25) is 0 Å². The predicted molar refractivity (Wildman–Crippen MR) is 37.0 cm³/mol. The molecule has 0 spiro atoms. The smallest absolute Gasteiger partial charge is 0.146 e. The fourth-order valence-electron chi connectivity index (χ4n) is 0.724. The van der Waals surface area contributed by atoms with Crippen molar-refractivity contribution in [1.82, 2.24) is 0 Å². The third kappa shape index (κ3) is 1.68. The van der Waals surface area contributed by atoms with Crippen molar-refractivity contribution in [3.63, 3.8) is 0 Å². The van der Waals surface area contributed by atoms with E-state index in [1.165, 1.54) is 0 Å². The number of rotatable bonds is 1. The molecule has 0 radical (unpaired) electrons. The lowest BCUT2D eigenvalue weighted by atomic mass is 10.2. The molecule has 1 unspecified atom stereocenters. The zero-order valence-electron chi connectivity index (χ0n) is 4.86. The summed E-state index contributed by atoms with van der Waals surface area (Å²) in [4.78, 5) is 0. The molecule has 0 aromatic rings. The van der Waals surface area contributed by atoms with Crippen LogP contribution in [-0.2, 0) is 10.7 Å². The predicted octanol–water partition coefficient (Wildman–Crippen LogP) is 0.483. The van der Waals surface area contributed by atoms with E-state index in [0.717, 1.165) is 0 Å². The Labute approximate surface area is 55.8 Å². The molecule has 0 saturated carbocycles. The Morgan fingerprint density at radius 2 is 2.11 bits per heavy atom. The molecule has 2 nitrogen and oxygen atoms in total. The molecule has 0 heterocycles. The summed E-state index contributed by atoms with van der Waals surface area (Å²) in [5, 5.41) is -0.259. The highest BCUT2D eigenvalue weighted by atomic mass is 32.2. The van der Waals surface area contributed by atoms with Crippen molar-refractivity contribution in [3.05, 3.63) is 24.3 Å². The number of allylic oxidation sites excluding steroid dienone is 3. The molecule has 50 valence electrons. The van der Waals surface area contributed by atoms with Crippen LogP contribution < -0.4 is 0 Å². The van der Waals surface area contributed by atoms with Gasteiger partial charge in [0.05, 0.1) is 5.25 Å². The van der Waals surface area contributed by atoms with Crippen LogP contribution in [0.4, 0.5) is 0 Å². The molecule has 0 amide bonds. The number of hydrogen-bond donors (Lipinski definition) is 1. The maximum absolute atomic E-state index is 10.3. The molecule has 0 aromatic carbocycles.